The minimum absolute atomic E-state index is 0.132. The number of aromatic hydroxyl groups is 1. The number of benzene rings is 2. The van der Waals surface area contributed by atoms with E-state index in [0.29, 0.717) is 6.42 Å². The smallest absolute Gasteiger partial charge is 0.239 e. The number of carbonyl (C=O) groups excluding carboxylic acids is 2. The first-order valence-corrected chi connectivity index (χ1v) is 9.86. The Morgan fingerprint density at radius 2 is 1.52 bits per heavy atom. The van der Waals surface area contributed by atoms with Crippen LogP contribution in [0.15, 0.2) is 48.5 Å². The van der Waals surface area contributed by atoms with Gasteiger partial charge in [-0.1, -0.05) is 12.1 Å². The number of amides is 2. The fourth-order valence-corrected chi connectivity index (χ4v) is 3.32. The van der Waals surface area contributed by atoms with E-state index in [4.69, 9.17) is 0 Å². The predicted molar refractivity (Wildman–Crippen MR) is 98.5 cm³/mol. The van der Waals surface area contributed by atoms with Crippen molar-refractivity contribution in [2.24, 2.45) is 0 Å². The van der Waals surface area contributed by atoms with E-state index >= 15 is 0 Å². The Balaban J connectivity index is 1.76. The maximum atomic E-state index is 12.8. The van der Waals surface area contributed by atoms with E-state index in [1.807, 2.05) is 0 Å². The van der Waals surface area contributed by atoms with Gasteiger partial charge >= 0.3 is 0 Å². The van der Waals surface area contributed by atoms with Crippen molar-refractivity contribution in [1.82, 2.24) is 5.32 Å². The molecule has 144 valence electrons. The molecule has 0 unspecified atom stereocenters. The van der Waals surface area contributed by atoms with Crippen molar-refractivity contribution in [2.75, 3.05) is 23.4 Å². The number of hydrogen-bond acceptors (Lipinski definition) is 5. The number of anilines is 1. The molecule has 9 heteroatoms. The quantitative estimate of drug-likeness (QED) is 0.624. The van der Waals surface area contributed by atoms with Crippen molar-refractivity contribution in [1.29, 1.82) is 0 Å². The number of rotatable bonds is 8. The summed E-state index contributed by atoms with van der Waals surface area (Å²) in [5.41, 5.74) is 1.13. The molecule has 0 bridgehead atoms. The van der Waals surface area contributed by atoms with E-state index in [1.54, 1.807) is 12.1 Å². The van der Waals surface area contributed by atoms with Crippen molar-refractivity contribution >= 4 is 27.3 Å². The number of halogens is 1. The van der Waals surface area contributed by atoms with E-state index in [2.05, 4.69) is 10.6 Å². The summed E-state index contributed by atoms with van der Waals surface area (Å²) >= 11 is 0. The summed E-state index contributed by atoms with van der Waals surface area (Å²) < 4.78 is 36.7. The standard InChI is InChI=1S/C18H19FN2O5S/c19-14-3-5-15(6-4-14)21-18(24)12-27(25,26)11-17(23)20-10-9-13-1-7-16(22)8-2-13/h1-8,22H,9-12H2,(H,20,23)(H,21,24). The molecule has 0 atom stereocenters. The Bertz CT molecular complexity index is 896. The third-order valence-corrected chi connectivity index (χ3v) is 4.91. The molecule has 2 amide bonds. The van der Waals surface area contributed by atoms with Gasteiger partial charge in [0, 0.05) is 12.2 Å². The maximum absolute atomic E-state index is 12.8. The lowest BCUT2D eigenvalue weighted by atomic mass is 10.1. The van der Waals surface area contributed by atoms with Gasteiger partial charge in [0.2, 0.25) is 11.8 Å². The lowest BCUT2D eigenvalue weighted by Crippen LogP contribution is -2.35. The van der Waals surface area contributed by atoms with Crippen molar-refractivity contribution in [3.63, 3.8) is 0 Å². The molecule has 0 aliphatic rings. The normalized spacial score (nSPS) is 11.0. The predicted octanol–water partition coefficient (Wildman–Crippen LogP) is 1.24. The van der Waals surface area contributed by atoms with Gasteiger partial charge in [-0.2, -0.15) is 0 Å². The SMILES string of the molecule is O=C(CS(=O)(=O)CC(=O)Nc1ccc(F)cc1)NCCc1ccc(O)cc1. The van der Waals surface area contributed by atoms with Crippen LogP contribution in [0.3, 0.4) is 0 Å². The molecular weight excluding hydrogens is 375 g/mol. The van der Waals surface area contributed by atoms with Crippen molar-refractivity contribution in [2.45, 2.75) is 6.42 Å². The Kier molecular flexibility index (Phi) is 6.89. The van der Waals surface area contributed by atoms with E-state index < -0.39 is 39.0 Å². The maximum Gasteiger partial charge on any atom is 0.239 e. The Morgan fingerprint density at radius 3 is 2.15 bits per heavy atom. The van der Waals surface area contributed by atoms with Gasteiger partial charge in [0.25, 0.3) is 0 Å². The van der Waals surface area contributed by atoms with Gasteiger partial charge in [0.05, 0.1) is 0 Å². The number of nitrogens with one attached hydrogen (secondary N) is 2. The molecule has 0 radical (unpaired) electrons. The average Bonchev–Trinajstić information content (AvgIpc) is 2.57. The molecule has 2 aromatic rings. The molecule has 0 spiro atoms. The van der Waals surface area contributed by atoms with E-state index in [1.165, 1.54) is 24.3 Å². The topological polar surface area (TPSA) is 113 Å². The highest BCUT2D eigenvalue weighted by Gasteiger charge is 2.20. The summed E-state index contributed by atoms with van der Waals surface area (Å²) in [5.74, 6) is -3.52. The van der Waals surface area contributed by atoms with Crippen molar-refractivity contribution in [3.8, 4) is 5.75 Å². The van der Waals surface area contributed by atoms with E-state index in [-0.39, 0.29) is 18.0 Å². The largest absolute Gasteiger partial charge is 0.508 e. The summed E-state index contributed by atoms with van der Waals surface area (Å²) in [6, 6.07) is 11.3. The second-order valence-electron chi connectivity index (χ2n) is 5.85. The zero-order valence-electron chi connectivity index (χ0n) is 14.3. The molecule has 27 heavy (non-hydrogen) atoms. The van der Waals surface area contributed by atoms with Gasteiger partial charge in [-0.3, -0.25) is 9.59 Å². The van der Waals surface area contributed by atoms with Gasteiger partial charge < -0.3 is 15.7 Å². The minimum Gasteiger partial charge on any atom is -0.508 e. The molecule has 0 heterocycles. The van der Waals surface area contributed by atoms with Crippen LogP contribution in [-0.4, -0.2) is 43.4 Å². The summed E-state index contributed by atoms with van der Waals surface area (Å²) in [6.45, 7) is 0.223. The van der Waals surface area contributed by atoms with Crippen LogP contribution in [-0.2, 0) is 25.8 Å². The Morgan fingerprint density at radius 1 is 0.926 bits per heavy atom. The molecule has 0 aliphatic carbocycles. The zero-order valence-corrected chi connectivity index (χ0v) is 15.1. The summed E-state index contributed by atoms with van der Waals surface area (Å²) in [6.07, 6.45) is 0.469. The third-order valence-electron chi connectivity index (χ3n) is 3.50. The van der Waals surface area contributed by atoms with Crippen LogP contribution in [0.25, 0.3) is 0 Å². The van der Waals surface area contributed by atoms with E-state index in [9.17, 15) is 27.5 Å². The fourth-order valence-electron chi connectivity index (χ4n) is 2.24. The van der Waals surface area contributed by atoms with Crippen LogP contribution in [0.1, 0.15) is 5.56 Å². The van der Waals surface area contributed by atoms with Gasteiger partial charge in [-0.15, -0.1) is 0 Å². The molecule has 0 aromatic heterocycles. The minimum atomic E-state index is -3.94. The third kappa shape index (κ3) is 7.45. The van der Waals surface area contributed by atoms with Gasteiger partial charge in [-0.05, 0) is 48.4 Å². The molecule has 0 aliphatic heterocycles. The van der Waals surface area contributed by atoms with Crippen LogP contribution in [0.4, 0.5) is 10.1 Å². The average molecular weight is 394 g/mol. The zero-order chi connectivity index (χ0) is 19.9. The molecule has 3 N–H and O–H groups in total. The highest BCUT2D eigenvalue weighted by atomic mass is 32.2. The number of phenols is 1. The van der Waals surface area contributed by atoms with Gasteiger partial charge in [0.1, 0.15) is 23.1 Å². The molecule has 0 fully saturated rings. The first-order valence-electron chi connectivity index (χ1n) is 8.04. The van der Waals surface area contributed by atoms with Crippen LogP contribution < -0.4 is 10.6 Å². The first-order chi connectivity index (χ1) is 12.7. The van der Waals surface area contributed by atoms with Crippen LogP contribution in [0.2, 0.25) is 0 Å². The van der Waals surface area contributed by atoms with Crippen LogP contribution >= 0.6 is 0 Å². The lowest BCUT2D eigenvalue weighted by molar-refractivity contribution is -0.118. The summed E-state index contributed by atoms with van der Waals surface area (Å²) in [4.78, 5) is 23.6. The summed E-state index contributed by atoms with van der Waals surface area (Å²) in [7, 11) is -3.94. The van der Waals surface area contributed by atoms with Gasteiger partial charge in [-0.25, -0.2) is 12.8 Å². The monoisotopic (exact) mass is 394 g/mol. The molecule has 0 saturated heterocycles. The van der Waals surface area contributed by atoms with E-state index in [0.717, 1.165) is 17.7 Å². The second kappa shape index (κ2) is 9.13. The molecule has 2 rings (SSSR count). The number of sulfone groups is 1. The lowest BCUT2D eigenvalue weighted by Gasteiger charge is -2.08. The number of carbonyl (C=O) groups is 2. The van der Waals surface area contributed by atoms with Crippen LogP contribution in [0.5, 0.6) is 5.75 Å². The van der Waals surface area contributed by atoms with Crippen molar-refractivity contribution in [3.05, 3.63) is 59.9 Å². The highest BCUT2D eigenvalue weighted by Crippen LogP contribution is 2.10. The summed E-state index contributed by atoms with van der Waals surface area (Å²) in [5, 5.41) is 14.0. The fraction of sp³-hybridized carbons (Fsp3) is 0.222. The molecular formula is C18H19FN2O5S. The Hall–Kier alpha value is -2.94. The molecule has 2 aromatic carbocycles. The van der Waals surface area contributed by atoms with Gasteiger partial charge in [0.15, 0.2) is 9.84 Å². The second-order valence-corrected chi connectivity index (χ2v) is 7.92. The van der Waals surface area contributed by atoms with Crippen LogP contribution in [0, 0.1) is 5.82 Å². The molecule has 7 nitrogen and oxygen atoms in total. The first kappa shape index (κ1) is 20.4. The van der Waals surface area contributed by atoms with Crippen molar-refractivity contribution < 1.29 is 27.5 Å². The Labute approximate surface area is 156 Å². The molecule has 0 saturated carbocycles. The highest BCUT2D eigenvalue weighted by molar-refractivity contribution is 7.92. The number of phenolic OH excluding ortho intramolecular Hbond substituents is 1. The number of hydrogen-bond donors (Lipinski definition) is 3.